The molecular weight excluding hydrogens is 236 g/mol. The highest BCUT2D eigenvalue weighted by molar-refractivity contribution is 6.10. The van der Waals surface area contributed by atoms with Gasteiger partial charge in [-0.1, -0.05) is 12.1 Å². The third kappa shape index (κ3) is 2.48. The fraction of sp³-hybridized carbons (Fsp3) is 0.250. The van der Waals surface area contributed by atoms with Crippen LogP contribution in [0.15, 0.2) is 24.3 Å². The van der Waals surface area contributed by atoms with Crippen molar-refractivity contribution in [3.63, 3.8) is 0 Å². The van der Waals surface area contributed by atoms with Crippen molar-refractivity contribution < 1.29 is 19.1 Å². The Hall–Kier alpha value is -2.37. The van der Waals surface area contributed by atoms with Crippen LogP contribution in [0, 0.1) is 0 Å². The number of carbonyl (C=O) groups excluding carboxylic acids is 3. The molecule has 1 aromatic carbocycles. The van der Waals surface area contributed by atoms with Crippen LogP contribution in [0.1, 0.15) is 6.92 Å². The van der Waals surface area contributed by atoms with E-state index in [9.17, 15) is 14.4 Å². The predicted octanol–water partition coefficient (Wildman–Crippen LogP) is 0.535. The van der Waals surface area contributed by atoms with E-state index in [0.717, 1.165) is 0 Å². The van der Waals surface area contributed by atoms with Gasteiger partial charge >= 0.3 is 5.97 Å². The molecule has 0 aromatic heterocycles. The van der Waals surface area contributed by atoms with Gasteiger partial charge in [0.2, 0.25) is 5.91 Å². The van der Waals surface area contributed by atoms with E-state index in [-0.39, 0.29) is 19.1 Å². The number of benzene rings is 1. The lowest BCUT2D eigenvalue weighted by Crippen LogP contribution is -2.43. The number of para-hydroxylation sites is 2. The molecule has 0 aliphatic carbocycles. The number of hydrogen-bond donors (Lipinski definition) is 1. The maximum atomic E-state index is 11.9. The Labute approximate surface area is 104 Å². The van der Waals surface area contributed by atoms with E-state index in [1.807, 2.05) is 0 Å². The molecule has 0 saturated carbocycles. The van der Waals surface area contributed by atoms with Crippen molar-refractivity contribution in [2.45, 2.75) is 6.92 Å². The van der Waals surface area contributed by atoms with Crippen molar-refractivity contribution in [3.05, 3.63) is 24.3 Å². The van der Waals surface area contributed by atoms with E-state index in [1.165, 1.54) is 11.8 Å². The Morgan fingerprint density at radius 2 is 2.11 bits per heavy atom. The number of anilines is 2. The SMILES string of the molecule is CC(=O)OCC(=O)N1CC(=O)Nc2ccccc21. The standard InChI is InChI=1S/C12H12N2O4/c1-8(15)18-7-12(17)14-6-11(16)13-9-4-2-3-5-10(9)14/h2-5H,6-7H2,1H3,(H,13,16). The molecule has 1 N–H and O–H groups in total. The summed E-state index contributed by atoms with van der Waals surface area (Å²) in [6, 6.07) is 6.96. The van der Waals surface area contributed by atoms with E-state index in [1.54, 1.807) is 24.3 Å². The Morgan fingerprint density at radius 1 is 1.39 bits per heavy atom. The monoisotopic (exact) mass is 248 g/mol. The lowest BCUT2D eigenvalue weighted by molar-refractivity contribution is -0.145. The summed E-state index contributed by atoms with van der Waals surface area (Å²) in [4.78, 5) is 35.3. The Bertz CT molecular complexity index is 513. The van der Waals surface area contributed by atoms with E-state index in [0.29, 0.717) is 11.4 Å². The van der Waals surface area contributed by atoms with Crippen LogP contribution < -0.4 is 10.2 Å². The van der Waals surface area contributed by atoms with E-state index in [4.69, 9.17) is 0 Å². The number of hydrogen-bond acceptors (Lipinski definition) is 4. The van der Waals surface area contributed by atoms with Gasteiger partial charge in [0, 0.05) is 6.92 Å². The first kappa shape index (κ1) is 12.1. The minimum atomic E-state index is -0.530. The quantitative estimate of drug-likeness (QED) is 0.775. The fourth-order valence-corrected chi connectivity index (χ4v) is 1.70. The molecule has 1 aromatic rings. The number of rotatable bonds is 2. The van der Waals surface area contributed by atoms with Gasteiger partial charge in [0.15, 0.2) is 6.61 Å². The van der Waals surface area contributed by atoms with Gasteiger partial charge in [-0.15, -0.1) is 0 Å². The highest BCUT2D eigenvalue weighted by Gasteiger charge is 2.26. The van der Waals surface area contributed by atoms with E-state index in [2.05, 4.69) is 10.1 Å². The van der Waals surface area contributed by atoms with Crippen LogP contribution in [0.5, 0.6) is 0 Å². The molecule has 1 aliphatic rings. The first-order valence-corrected chi connectivity index (χ1v) is 5.40. The minimum absolute atomic E-state index is 0.0723. The van der Waals surface area contributed by atoms with Crippen LogP contribution >= 0.6 is 0 Å². The summed E-state index contributed by atoms with van der Waals surface area (Å²) < 4.78 is 4.65. The van der Waals surface area contributed by atoms with E-state index < -0.39 is 11.9 Å². The van der Waals surface area contributed by atoms with Gasteiger partial charge in [-0.3, -0.25) is 19.3 Å². The van der Waals surface area contributed by atoms with Crippen LogP contribution in [-0.2, 0) is 19.1 Å². The van der Waals surface area contributed by atoms with Crippen molar-refractivity contribution in [1.29, 1.82) is 0 Å². The van der Waals surface area contributed by atoms with Crippen molar-refractivity contribution in [2.24, 2.45) is 0 Å². The average Bonchev–Trinajstić information content (AvgIpc) is 2.34. The highest BCUT2D eigenvalue weighted by atomic mass is 16.5. The summed E-state index contributed by atoms with van der Waals surface area (Å²) in [5.41, 5.74) is 1.18. The molecule has 1 aliphatic heterocycles. The smallest absolute Gasteiger partial charge is 0.303 e. The van der Waals surface area contributed by atoms with Crippen LogP contribution in [0.3, 0.4) is 0 Å². The lowest BCUT2D eigenvalue weighted by Gasteiger charge is -2.28. The molecule has 18 heavy (non-hydrogen) atoms. The normalized spacial score (nSPS) is 13.6. The Balaban J connectivity index is 2.20. The number of fused-ring (bicyclic) bond motifs is 1. The number of carbonyl (C=O) groups is 3. The highest BCUT2D eigenvalue weighted by Crippen LogP contribution is 2.28. The van der Waals surface area contributed by atoms with E-state index >= 15 is 0 Å². The minimum Gasteiger partial charge on any atom is -0.456 e. The summed E-state index contributed by atoms with van der Waals surface area (Å²) in [6.45, 7) is 0.790. The molecule has 0 atom stereocenters. The molecule has 2 amide bonds. The maximum Gasteiger partial charge on any atom is 0.303 e. The summed E-state index contributed by atoms with van der Waals surface area (Å²) in [5, 5.41) is 2.67. The second kappa shape index (κ2) is 4.87. The van der Waals surface area contributed by atoms with Crippen LogP contribution in [0.25, 0.3) is 0 Å². The van der Waals surface area contributed by atoms with Crippen molar-refractivity contribution in [3.8, 4) is 0 Å². The number of ether oxygens (including phenoxy) is 1. The zero-order chi connectivity index (χ0) is 13.1. The summed E-state index contributed by atoms with van der Waals surface area (Å²) in [6.07, 6.45) is 0. The second-order valence-electron chi connectivity index (χ2n) is 3.83. The van der Waals surface area contributed by atoms with Gasteiger partial charge in [0.1, 0.15) is 6.54 Å². The Kier molecular flexibility index (Phi) is 3.27. The van der Waals surface area contributed by atoms with Gasteiger partial charge in [-0.05, 0) is 12.1 Å². The third-order valence-corrected chi connectivity index (χ3v) is 2.47. The Morgan fingerprint density at radius 3 is 2.83 bits per heavy atom. The molecule has 0 spiro atoms. The maximum absolute atomic E-state index is 11.9. The molecule has 6 nitrogen and oxygen atoms in total. The molecule has 1 heterocycles. The van der Waals surface area contributed by atoms with Crippen molar-refractivity contribution >= 4 is 29.2 Å². The van der Waals surface area contributed by atoms with Gasteiger partial charge in [-0.25, -0.2) is 0 Å². The average molecular weight is 248 g/mol. The molecule has 0 bridgehead atoms. The number of esters is 1. The van der Waals surface area contributed by atoms with Gasteiger partial charge in [0.05, 0.1) is 11.4 Å². The van der Waals surface area contributed by atoms with Crippen LogP contribution in [0.4, 0.5) is 11.4 Å². The molecule has 94 valence electrons. The zero-order valence-corrected chi connectivity index (χ0v) is 9.80. The molecule has 2 rings (SSSR count). The molecule has 0 radical (unpaired) electrons. The summed E-state index contributed by atoms with van der Waals surface area (Å²) in [5.74, 6) is -1.23. The third-order valence-electron chi connectivity index (χ3n) is 2.47. The molecule has 0 unspecified atom stereocenters. The summed E-state index contributed by atoms with van der Waals surface area (Å²) >= 11 is 0. The predicted molar refractivity (Wildman–Crippen MR) is 64.1 cm³/mol. The number of nitrogens with one attached hydrogen (secondary N) is 1. The molecule has 0 fully saturated rings. The van der Waals surface area contributed by atoms with Gasteiger partial charge in [-0.2, -0.15) is 0 Å². The van der Waals surface area contributed by atoms with Crippen LogP contribution in [-0.4, -0.2) is 30.9 Å². The van der Waals surface area contributed by atoms with Crippen molar-refractivity contribution in [1.82, 2.24) is 0 Å². The lowest BCUT2D eigenvalue weighted by atomic mass is 10.2. The first-order valence-electron chi connectivity index (χ1n) is 5.40. The topological polar surface area (TPSA) is 75.7 Å². The second-order valence-corrected chi connectivity index (χ2v) is 3.83. The zero-order valence-electron chi connectivity index (χ0n) is 9.80. The molecular formula is C12H12N2O4. The summed E-state index contributed by atoms with van der Waals surface area (Å²) in [7, 11) is 0. The van der Waals surface area contributed by atoms with Crippen molar-refractivity contribution in [2.75, 3.05) is 23.4 Å². The van der Waals surface area contributed by atoms with Gasteiger partial charge in [0.25, 0.3) is 5.91 Å². The fourth-order valence-electron chi connectivity index (χ4n) is 1.70. The number of nitrogens with zero attached hydrogens (tertiary/aromatic N) is 1. The van der Waals surface area contributed by atoms with Gasteiger partial charge < -0.3 is 10.1 Å². The number of amides is 2. The molecule has 0 saturated heterocycles. The molecule has 6 heteroatoms. The largest absolute Gasteiger partial charge is 0.456 e. The first-order chi connectivity index (χ1) is 8.58. The van der Waals surface area contributed by atoms with Crippen LogP contribution in [0.2, 0.25) is 0 Å².